The summed E-state index contributed by atoms with van der Waals surface area (Å²) in [5.74, 6) is -0.0637. The van der Waals surface area contributed by atoms with Crippen molar-refractivity contribution >= 4 is 27.3 Å². The number of carbonyl (C=O) groups excluding carboxylic acids is 1. The summed E-state index contributed by atoms with van der Waals surface area (Å²) in [6.07, 6.45) is 0. The Morgan fingerprint density at radius 2 is 2.14 bits per heavy atom. The number of aromatic nitrogens is 1. The molecular formula is C11H9NOS. The molecular weight excluding hydrogens is 194 g/mol. The van der Waals surface area contributed by atoms with Crippen molar-refractivity contribution in [2.75, 3.05) is 0 Å². The Labute approximate surface area is 85.9 Å². The Morgan fingerprint density at radius 1 is 1.43 bits per heavy atom. The number of thiazole rings is 1. The fourth-order valence-electron chi connectivity index (χ4n) is 1.15. The summed E-state index contributed by atoms with van der Waals surface area (Å²) in [5.41, 5.74) is 1.41. The molecule has 0 aliphatic carbocycles. The molecule has 0 aliphatic heterocycles. The van der Waals surface area contributed by atoms with Crippen molar-refractivity contribution in [1.29, 1.82) is 0 Å². The first-order valence-corrected chi connectivity index (χ1v) is 5.06. The Bertz CT molecular complexity index is 480. The molecule has 0 aliphatic rings. The summed E-state index contributed by atoms with van der Waals surface area (Å²) in [6, 6.07) is 7.72. The van der Waals surface area contributed by atoms with Gasteiger partial charge in [-0.15, -0.1) is 11.3 Å². The predicted molar refractivity (Wildman–Crippen MR) is 58.8 cm³/mol. The second-order valence-electron chi connectivity index (χ2n) is 3.10. The van der Waals surface area contributed by atoms with Gasteiger partial charge in [0.25, 0.3) is 0 Å². The Kier molecular flexibility index (Phi) is 2.17. The number of benzene rings is 1. The summed E-state index contributed by atoms with van der Waals surface area (Å²) in [4.78, 5) is 15.8. The normalized spacial score (nSPS) is 10.4. The first-order chi connectivity index (χ1) is 6.68. The number of Topliss-reactive ketones (excluding diaryl/α,β-unsaturated/α-hetero) is 1. The van der Waals surface area contributed by atoms with Crippen LogP contribution in [0.1, 0.15) is 16.7 Å². The van der Waals surface area contributed by atoms with Crippen LogP contribution in [-0.4, -0.2) is 10.8 Å². The first-order valence-electron chi connectivity index (χ1n) is 4.24. The summed E-state index contributed by atoms with van der Waals surface area (Å²) in [6.45, 7) is 5.32. The Morgan fingerprint density at radius 3 is 2.79 bits per heavy atom. The van der Waals surface area contributed by atoms with Crippen molar-refractivity contribution < 1.29 is 4.79 Å². The third-order valence-corrected chi connectivity index (χ3v) is 2.91. The molecule has 0 atom stereocenters. The van der Waals surface area contributed by atoms with Gasteiger partial charge in [-0.1, -0.05) is 18.7 Å². The number of ketones is 1. The van der Waals surface area contributed by atoms with Gasteiger partial charge < -0.3 is 0 Å². The minimum atomic E-state index is -0.0637. The van der Waals surface area contributed by atoms with Crippen molar-refractivity contribution in [3.05, 3.63) is 41.4 Å². The highest BCUT2D eigenvalue weighted by atomic mass is 32.1. The maximum Gasteiger partial charge on any atom is 0.216 e. The van der Waals surface area contributed by atoms with E-state index in [1.807, 2.05) is 24.3 Å². The highest BCUT2D eigenvalue weighted by Gasteiger charge is 2.11. The summed E-state index contributed by atoms with van der Waals surface area (Å²) < 4.78 is 1.04. The number of allylic oxidation sites excluding steroid dienone is 1. The molecule has 2 aromatic rings. The maximum absolute atomic E-state index is 11.6. The summed E-state index contributed by atoms with van der Waals surface area (Å²) in [7, 11) is 0. The van der Waals surface area contributed by atoms with Gasteiger partial charge in [0.2, 0.25) is 5.78 Å². The van der Waals surface area contributed by atoms with Gasteiger partial charge in [-0.25, -0.2) is 4.98 Å². The number of nitrogens with zero attached hydrogens (tertiary/aromatic N) is 1. The van der Waals surface area contributed by atoms with Crippen LogP contribution in [0.3, 0.4) is 0 Å². The molecule has 0 saturated heterocycles. The van der Waals surface area contributed by atoms with E-state index >= 15 is 0 Å². The van der Waals surface area contributed by atoms with Gasteiger partial charge in [0.15, 0.2) is 5.01 Å². The van der Waals surface area contributed by atoms with E-state index < -0.39 is 0 Å². The Balaban J connectivity index is 2.55. The second kappa shape index (κ2) is 3.35. The molecule has 0 bridgehead atoms. The van der Waals surface area contributed by atoms with Crippen LogP contribution >= 0.6 is 11.3 Å². The van der Waals surface area contributed by atoms with E-state index in [1.54, 1.807) is 6.92 Å². The van der Waals surface area contributed by atoms with Crippen molar-refractivity contribution in [1.82, 2.24) is 4.98 Å². The second-order valence-corrected chi connectivity index (χ2v) is 4.13. The molecule has 1 aromatic carbocycles. The van der Waals surface area contributed by atoms with Gasteiger partial charge >= 0.3 is 0 Å². The highest BCUT2D eigenvalue weighted by molar-refractivity contribution is 7.20. The van der Waals surface area contributed by atoms with Crippen LogP contribution in [0.2, 0.25) is 0 Å². The number of hydrogen-bond acceptors (Lipinski definition) is 3. The standard InChI is InChI=1S/C11H9NOS/c1-7(2)10(13)11-12-8-5-3-4-6-9(8)14-11/h3-6H,1H2,2H3. The largest absolute Gasteiger partial charge is 0.286 e. The Hall–Kier alpha value is -1.48. The molecule has 0 unspecified atom stereocenters. The molecule has 0 saturated carbocycles. The van der Waals surface area contributed by atoms with Crippen molar-refractivity contribution in [2.24, 2.45) is 0 Å². The molecule has 0 fully saturated rings. The van der Waals surface area contributed by atoms with E-state index in [0.29, 0.717) is 10.6 Å². The average Bonchev–Trinajstić information content (AvgIpc) is 2.59. The summed E-state index contributed by atoms with van der Waals surface area (Å²) in [5, 5.41) is 0.527. The molecule has 1 aromatic heterocycles. The van der Waals surface area contributed by atoms with Crippen LogP contribution < -0.4 is 0 Å². The molecule has 3 heteroatoms. The fraction of sp³-hybridized carbons (Fsp3) is 0.0909. The lowest BCUT2D eigenvalue weighted by Crippen LogP contribution is -1.97. The fourth-order valence-corrected chi connectivity index (χ4v) is 2.14. The zero-order valence-corrected chi connectivity index (χ0v) is 8.60. The predicted octanol–water partition coefficient (Wildman–Crippen LogP) is 3.06. The SMILES string of the molecule is C=C(C)C(=O)c1nc2ccccc2s1. The van der Waals surface area contributed by atoms with E-state index in [9.17, 15) is 4.79 Å². The minimum Gasteiger partial charge on any atom is -0.286 e. The number of rotatable bonds is 2. The summed E-state index contributed by atoms with van der Waals surface area (Å²) >= 11 is 1.41. The van der Waals surface area contributed by atoms with Gasteiger partial charge in [-0.3, -0.25) is 4.79 Å². The molecule has 14 heavy (non-hydrogen) atoms. The number of carbonyl (C=O) groups is 1. The lowest BCUT2D eigenvalue weighted by Gasteiger charge is -1.90. The van der Waals surface area contributed by atoms with Crippen molar-refractivity contribution in [3.8, 4) is 0 Å². The quantitative estimate of drug-likeness (QED) is 0.554. The van der Waals surface area contributed by atoms with Crippen LogP contribution in [0.4, 0.5) is 0 Å². The zero-order chi connectivity index (χ0) is 10.1. The number of fused-ring (bicyclic) bond motifs is 1. The van der Waals surface area contributed by atoms with Crippen LogP contribution in [0.15, 0.2) is 36.4 Å². The molecule has 0 N–H and O–H groups in total. The van der Waals surface area contributed by atoms with E-state index in [0.717, 1.165) is 10.2 Å². The number of hydrogen-bond donors (Lipinski definition) is 0. The lowest BCUT2D eigenvalue weighted by atomic mass is 10.2. The van der Waals surface area contributed by atoms with Gasteiger partial charge in [-0.2, -0.15) is 0 Å². The van der Waals surface area contributed by atoms with Crippen molar-refractivity contribution in [3.63, 3.8) is 0 Å². The minimum absolute atomic E-state index is 0.0637. The molecule has 2 nitrogen and oxygen atoms in total. The zero-order valence-electron chi connectivity index (χ0n) is 7.78. The van der Waals surface area contributed by atoms with Crippen LogP contribution in [-0.2, 0) is 0 Å². The highest BCUT2D eigenvalue weighted by Crippen LogP contribution is 2.22. The molecule has 2 rings (SSSR count). The third-order valence-electron chi connectivity index (χ3n) is 1.88. The van der Waals surface area contributed by atoms with E-state index in [1.165, 1.54) is 11.3 Å². The maximum atomic E-state index is 11.6. The van der Waals surface area contributed by atoms with Crippen LogP contribution in [0.5, 0.6) is 0 Å². The number of para-hydroxylation sites is 1. The third kappa shape index (κ3) is 1.46. The molecule has 0 radical (unpaired) electrons. The van der Waals surface area contributed by atoms with E-state index in [2.05, 4.69) is 11.6 Å². The van der Waals surface area contributed by atoms with E-state index in [4.69, 9.17) is 0 Å². The van der Waals surface area contributed by atoms with Gasteiger partial charge in [-0.05, 0) is 24.6 Å². The van der Waals surface area contributed by atoms with Crippen LogP contribution in [0, 0.1) is 0 Å². The van der Waals surface area contributed by atoms with Gasteiger partial charge in [0.1, 0.15) is 0 Å². The van der Waals surface area contributed by atoms with Gasteiger partial charge in [0, 0.05) is 0 Å². The van der Waals surface area contributed by atoms with Crippen LogP contribution in [0.25, 0.3) is 10.2 Å². The van der Waals surface area contributed by atoms with E-state index in [-0.39, 0.29) is 5.78 Å². The molecule has 0 amide bonds. The smallest absolute Gasteiger partial charge is 0.216 e. The topological polar surface area (TPSA) is 30.0 Å². The van der Waals surface area contributed by atoms with Crippen molar-refractivity contribution in [2.45, 2.75) is 6.92 Å². The monoisotopic (exact) mass is 203 g/mol. The molecule has 1 heterocycles. The first kappa shape index (κ1) is 9.09. The molecule has 0 spiro atoms. The lowest BCUT2D eigenvalue weighted by molar-refractivity contribution is 0.103. The molecule has 70 valence electrons. The average molecular weight is 203 g/mol. The van der Waals surface area contributed by atoms with Gasteiger partial charge in [0.05, 0.1) is 10.2 Å².